The van der Waals surface area contributed by atoms with Crippen LogP contribution in [0.15, 0.2) is 48.7 Å². The largest absolute Gasteiger partial charge is 0.462 e. The van der Waals surface area contributed by atoms with Gasteiger partial charge in [0.2, 0.25) is 0 Å². The molecule has 2 atom stereocenters. The zero-order valence-electron chi connectivity index (χ0n) is 23.3. The molecule has 1 N–H and O–H groups in total. The highest BCUT2D eigenvalue weighted by Crippen LogP contribution is 2.55. The molecule has 2 aromatic carbocycles. The lowest BCUT2D eigenvalue weighted by Gasteiger charge is -2.20. The first-order valence-electron chi connectivity index (χ1n) is 13.5. The van der Waals surface area contributed by atoms with Gasteiger partial charge < -0.3 is 9.64 Å². The van der Waals surface area contributed by atoms with E-state index in [9.17, 15) is 9.59 Å². The number of carbonyl (C=O) groups excluding carboxylic acids is 2. The van der Waals surface area contributed by atoms with Gasteiger partial charge in [-0.2, -0.15) is 20.5 Å². The van der Waals surface area contributed by atoms with E-state index in [0.29, 0.717) is 28.9 Å². The van der Waals surface area contributed by atoms with Crippen LogP contribution in [-0.4, -0.2) is 62.2 Å². The van der Waals surface area contributed by atoms with Crippen LogP contribution in [0.1, 0.15) is 76.8 Å². The van der Waals surface area contributed by atoms with Gasteiger partial charge in [0.15, 0.2) is 0 Å². The first-order chi connectivity index (χ1) is 19.2. The summed E-state index contributed by atoms with van der Waals surface area (Å²) in [4.78, 5) is 27.4. The molecule has 1 saturated carbocycles. The van der Waals surface area contributed by atoms with E-state index in [-0.39, 0.29) is 35.8 Å². The van der Waals surface area contributed by atoms with Gasteiger partial charge in [0.1, 0.15) is 11.4 Å². The van der Waals surface area contributed by atoms with Crippen LogP contribution < -0.4 is 0 Å². The Morgan fingerprint density at radius 2 is 1.93 bits per heavy atom. The van der Waals surface area contributed by atoms with Crippen molar-refractivity contribution in [3.63, 3.8) is 0 Å². The maximum absolute atomic E-state index is 15.8. The first kappa shape index (κ1) is 27.2. The van der Waals surface area contributed by atoms with Crippen LogP contribution in [0.5, 0.6) is 0 Å². The summed E-state index contributed by atoms with van der Waals surface area (Å²) in [7, 11) is 1.68. The number of nitrogens with one attached hydrogen (secondary N) is 1. The molecule has 208 valence electrons. The van der Waals surface area contributed by atoms with Crippen LogP contribution >= 0.6 is 0 Å². The summed E-state index contributed by atoms with van der Waals surface area (Å²) in [6, 6.07) is 12.1. The zero-order valence-corrected chi connectivity index (χ0v) is 23.3. The van der Waals surface area contributed by atoms with Crippen LogP contribution in [0.4, 0.5) is 4.39 Å². The second-order valence-corrected chi connectivity index (χ2v) is 10.6. The molecule has 0 bridgehead atoms. The topological polar surface area (TPSA) is 106 Å². The Bertz CT molecular complexity index is 1560. The Morgan fingerprint density at radius 3 is 2.62 bits per heavy atom. The lowest BCUT2D eigenvalue weighted by Crippen LogP contribution is -2.31. The Hall–Kier alpha value is -4.34. The van der Waals surface area contributed by atoms with E-state index in [1.54, 1.807) is 41.8 Å². The molecule has 40 heavy (non-hydrogen) atoms. The molecule has 1 aliphatic carbocycles. The Labute approximate surface area is 232 Å². The fourth-order valence-electron chi connectivity index (χ4n) is 5.29. The van der Waals surface area contributed by atoms with Crippen molar-refractivity contribution in [3.05, 3.63) is 82.7 Å². The highest BCUT2D eigenvalue weighted by Gasteiger charge is 2.46. The average Bonchev–Trinajstić information content (AvgIpc) is 3.36. The van der Waals surface area contributed by atoms with Crippen molar-refractivity contribution < 1.29 is 18.7 Å². The number of amides is 1. The maximum atomic E-state index is 15.8. The summed E-state index contributed by atoms with van der Waals surface area (Å²) in [5.41, 5.74) is 4.41. The van der Waals surface area contributed by atoms with Crippen molar-refractivity contribution in [1.82, 2.24) is 30.1 Å². The summed E-state index contributed by atoms with van der Waals surface area (Å²) in [6.45, 7) is 8.45. The summed E-state index contributed by atoms with van der Waals surface area (Å²) < 4.78 is 22.8. The number of halogens is 1. The number of aromatic amines is 1. The summed E-state index contributed by atoms with van der Waals surface area (Å²) >= 11 is 0. The van der Waals surface area contributed by atoms with E-state index >= 15 is 4.39 Å². The van der Waals surface area contributed by atoms with E-state index in [2.05, 4.69) is 20.5 Å². The smallest absolute Gasteiger partial charge is 0.341 e. The number of aryl methyl sites for hydroxylation is 1. The van der Waals surface area contributed by atoms with Crippen LogP contribution in [-0.2, 0) is 4.74 Å². The van der Waals surface area contributed by atoms with Gasteiger partial charge in [-0.05, 0) is 49.9 Å². The summed E-state index contributed by atoms with van der Waals surface area (Å²) in [5.74, 6) is -1.03. The van der Waals surface area contributed by atoms with E-state index in [1.807, 2.05) is 39.0 Å². The molecule has 0 saturated heterocycles. The van der Waals surface area contributed by atoms with Crippen molar-refractivity contribution in [2.75, 3.05) is 20.2 Å². The molecule has 0 radical (unpaired) electrons. The van der Waals surface area contributed by atoms with Gasteiger partial charge in [0, 0.05) is 31.0 Å². The molecular weight excluding hydrogens is 511 g/mol. The van der Waals surface area contributed by atoms with Crippen LogP contribution in [0.2, 0.25) is 0 Å². The average molecular weight is 545 g/mol. The molecular formula is C30H33FN6O3. The van der Waals surface area contributed by atoms with Gasteiger partial charge in [-0.15, -0.1) is 0 Å². The number of H-pyrrole nitrogens is 1. The molecule has 2 aromatic heterocycles. The number of rotatable bonds is 9. The number of hydrogen-bond donors (Lipinski definition) is 1. The molecule has 9 nitrogen and oxygen atoms in total. The first-order valence-corrected chi connectivity index (χ1v) is 13.5. The molecule has 1 aliphatic rings. The highest BCUT2D eigenvalue weighted by molar-refractivity contribution is 5.96. The summed E-state index contributed by atoms with van der Waals surface area (Å²) in [5, 5.41) is 15.7. The normalized spacial score (nSPS) is 16.3. The number of aromatic nitrogens is 5. The minimum absolute atomic E-state index is 0.0106. The Morgan fingerprint density at radius 1 is 1.15 bits per heavy atom. The van der Waals surface area contributed by atoms with Gasteiger partial charge in [0.05, 0.1) is 41.1 Å². The van der Waals surface area contributed by atoms with E-state index < -0.39 is 11.8 Å². The molecule has 4 aromatic rings. The van der Waals surface area contributed by atoms with E-state index in [1.165, 1.54) is 12.3 Å². The third kappa shape index (κ3) is 5.13. The molecule has 0 spiro atoms. The number of esters is 1. The predicted octanol–water partition coefficient (Wildman–Crippen LogP) is 5.28. The van der Waals surface area contributed by atoms with Crippen LogP contribution in [0.25, 0.3) is 16.8 Å². The minimum atomic E-state index is -0.572. The third-order valence-electron chi connectivity index (χ3n) is 7.17. The molecule has 5 rings (SSSR count). The second-order valence-electron chi connectivity index (χ2n) is 10.6. The van der Waals surface area contributed by atoms with Crippen LogP contribution in [0, 0.1) is 18.7 Å². The standard InChI is InChI=1S/C30H33FN6O3/c1-6-40-30(39)25-15-32-37(28(25)24-14-23(24)27-18(4)33-35-34-27)20-10-7-9-19(13-20)21-11-8-12-22(26(21)31)29(38)36(5)16-17(2)3/h7-13,15,17,23-24H,6,14,16H2,1-5H3,(H,33,34,35)/t23-,24-/m1/s1. The number of ether oxygens (including phenoxy) is 1. The Balaban J connectivity index is 1.53. The van der Waals surface area contributed by atoms with Gasteiger partial charge in [-0.25, -0.2) is 13.9 Å². The van der Waals surface area contributed by atoms with Crippen molar-refractivity contribution in [1.29, 1.82) is 0 Å². The monoisotopic (exact) mass is 544 g/mol. The van der Waals surface area contributed by atoms with Crippen molar-refractivity contribution in [2.45, 2.75) is 46.0 Å². The quantitative estimate of drug-likeness (QED) is 0.288. The molecule has 1 amide bonds. The fraction of sp³-hybridized carbons (Fsp3) is 0.367. The predicted molar refractivity (Wildman–Crippen MR) is 148 cm³/mol. The lowest BCUT2D eigenvalue weighted by molar-refractivity contribution is 0.0524. The Kier molecular flexibility index (Phi) is 7.51. The van der Waals surface area contributed by atoms with Crippen LogP contribution in [0.3, 0.4) is 0 Å². The number of carbonyl (C=O) groups is 2. The van der Waals surface area contributed by atoms with Gasteiger partial charge >= 0.3 is 5.97 Å². The van der Waals surface area contributed by atoms with Gasteiger partial charge in [0.25, 0.3) is 5.91 Å². The molecule has 0 aliphatic heterocycles. The lowest BCUT2D eigenvalue weighted by atomic mass is 10.0. The molecule has 0 unspecified atom stereocenters. The minimum Gasteiger partial charge on any atom is -0.462 e. The third-order valence-corrected chi connectivity index (χ3v) is 7.17. The van der Waals surface area contributed by atoms with Gasteiger partial charge in [-0.3, -0.25) is 4.79 Å². The van der Waals surface area contributed by atoms with Gasteiger partial charge in [-0.1, -0.05) is 38.1 Å². The van der Waals surface area contributed by atoms with Crippen molar-refractivity contribution in [2.24, 2.45) is 5.92 Å². The zero-order chi connectivity index (χ0) is 28.6. The highest BCUT2D eigenvalue weighted by atomic mass is 19.1. The summed E-state index contributed by atoms with van der Waals surface area (Å²) in [6.07, 6.45) is 2.31. The van der Waals surface area contributed by atoms with Crippen molar-refractivity contribution in [3.8, 4) is 16.8 Å². The molecule has 2 heterocycles. The number of benzene rings is 2. The fourth-order valence-corrected chi connectivity index (χ4v) is 5.29. The number of hydrogen-bond acceptors (Lipinski definition) is 6. The SMILES string of the molecule is CCOC(=O)c1cnn(-c2cccc(-c3cccc(C(=O)N(C)CC(C)C)c3F)c2)c1[C@@H]1C[C@H]1c1n[nH]nc1C. The van der Waals surface area contributed by atoms with E-state index in [4.69, 9.17) is 4.74 Å². The van der Waals surface area contributed by atoms with Crippen molar-refractivity contribution >= 4 is 11.9 Å². The second kappa shape index (κ2) is 11.0. The van der Waals surface area contributed by atoms with E-state index in [0.717, 1.165) is 23.5 Å². The maximum Gasteiger partial charge on any atom is 0.341 e. The molecule has 1 fully saturated rings. The number of nitrogens with zero attached hydrogens (tertiary/aromatic N) is 5. The molecule has 10 heteroatoms.